The van der Waals surface area contributed by atoms with Gasteiger partial charge < -0.3 is 19.5 Å². The second kappa shape index (κ2) is 9.32. The SMILES string of the molecule is COc1ccc(N2C(=S)N[C@@H](c3ccccn3)[C@H]2c2cc(C)n(-c3ccc(F)cc3)c2C)cc1Cl. The molecule has 0 amide bonds. The highest BCUT2D eigenvalue weighted by Crippen LogP contribution is 2.44. The monoisotopic (exact) mass is 506 g/mol. The van der Waals surface area contributed by atoms with Crippen molar-refractivity contribution in [2.24, 2.45) is 0 Å². The smallest absolute Gasteiger partial charge is 0.174 e. The zero-order chi connectivity index (χ0) is 24.7. The molecule has 2 atom stereocenters. The molecule has 0 aliphatic carbocycles. The Morgan fingerprint density at radius 3 is 2.43 bits per heavy atom. The van der Waals surface area contributed by atoms with Gasteiger partial charge in [0, 0.05) is 29.0 Å². The van der Waals surface area contributed by atoms with E-state index in [2.05, 4.69) is 32.8 Å². The summed E-state index contributed by atoms with van der Waals surface area (Å²) in [5, 5.41) is 4.57. The molecular formula is C27H24ClFN4OS. The number of hydrogen-bond donors (Lipinski definition) is 1. The summed E-state index contributed by atoms with van der Waals surface area (Å²) in [5.74, 6) is 0.334. The van der Waals surface area contributed by atoms with Crippen LogP contribution in [0.2, 0.25) is 5.02 Å². The van der Waals surface area contributed by atoms with Crippen LogP contribution >= 0.6 is 23.8 Å². The van der Waals surface area contributed by atoms with E-state index in [9.17, 15) is 4.39 Å². The lowest BCUT2D eigenvalue weighted by Gasteiger charge is -2.28. The van der Waals surface area contributed by atoms with Crippen LogP contribution in [0.1, 0.15) is 34.7 Å². The van der Waals surface area contributed by atoms with E-state index in [-0.39, 0.29) is 17.9 Å². The Bertz CT molecular complexity index is 1390. The summed E-state index contributed by atoms with van der Waals surface area (Å²) >= 11 is 12.3. The van der Waals surface area contributed by atoms with Crippen LogP contribution in [-0.4, -0.2) is 21.8 Å². The van der Waals surface area contributed by atoms with Crippen LogP contribution in [0.25, 0.3) is 5.69 Å². The van der Waals surface area contributed by atoms with E-state index in [0.717, 1.165) is 34.0 Å². The van der Waals surface area contributed by atoms with Crippen LogP contribution in [0, 0.1) is 19.7 Å². The molecule has 1 N–H and O–H groups in total. The summed E-state index contributed by atoms with van der Waals surface area (Å²) in [6.07, 6.45) is 1.78. The van der Waals surface area contributed by atoms with Crippen molar-refractivity contribution in [3.05, 3.63) is 106 Å². The van der Waals surface area contributed by atoms with Gasteiger partial charge in [0.1, 0.15) is 11.6 Å². The topological polar surface area (TPSA) is 42.3 Å². The second-order valence-electron chi connectivity index (χ2n) is 8.45. The average Bonchev–Trinajstić information content (AvgIpc) is 3.35. The molecule has 0 radical (unpaired) electrons. The lowest BCUT2D eigenvalue weighted by Crippen LogP contribution is -2.29. The van der Waals surface area contributed by atoms with E-state index in [0.29, 0.717) is 15.9 Å². The van der Waals surface area contributed by atoms with E-state index in [1.807, 2.05) is 43.3 Å². The van der Waals surface area contributed by atoms with E-state index >= 15 is 0 Å². The molecule has 1 aliphatic heterocycles. The summed E-state index contributed by atoms with van der Waals surface area (Å²) < 4.78 is 21.1. The first kappa shape index (κ1) is 23.3. The van der Waals surface area contributed by atoms with Gasteiger partial charge in [0.05, 0.1) is 29.9 Å². The normalized spacial score (nSPS) is 17.5. The number of methoxy groups -OCH3 is 1. The van der Waals surface area contributed by atoms with E-state index in [1.54, 1.807) is 25.4 Å². The molecule has 2 aromatic heterocycles. The van der Waals surface area contributed by atoms with Crippen LogP contribution in [0.3, 0.4) is 0 Å². The molecule has 0 spiro atoms. The predicted molar refractivity (Wildman–Crippen MR) is 141 cm³/mol. The number of hydrogen-bond acceptors (Lipinski definition) is 3. The number of aromatic nitrogens is 2. The maximum atomic E-state index is 13.6. The number of ether oxygens (including phenoxy) is 1. The van der Waals surface area contributed by atoms with Gasteiger partial charge in [0.2, 0.25) is 0 Å². The molecule has 5 rings (SSSR count). The fraction of sp³-hybridized carbons (Fsp3) is 0.185. The van der Waals surface area contributed by atoms with Crippen molar-refractivity contribution >= 4 is 34.6 Å². The van der Waals surface area contributed by atoms with E-state index in [1.165, 1.54) is 12.1 Å². The second-order valence-corrected chi connectivity index (χ2v) is 9.25. The number of halogens is 2. The standard InChI is InChI=1S/C27H24ClFN4OS/c1-16-14-21(17(2)32(16)19-9-7-18(29)8-10-19)26-25(23-6-4-5-13-30-23)31-27(35)33(26)20-11-12-24(34-3)22(28)15-20/h4-15,25-26H,1-3H3,(H,31,35)/t25-,26+/m0/s1. The summed E-state index contributed by atoms with van der Waals surface area (Å²) in [6, 6.07) is 19.8. The van der Waals surface area contributed by atoms with Crippen molar-refractivity contribution < 1.29 is 9.13 Å². The van der Waals surface area contributed by atoms with E-state index in [4.69, 9.17) is 28.6 Å². The molecule has 35 heavy (non-hydrogen) atoms. The number of anilines is 1. The van der Waals surface area contributed by atoms with Gasteiger partial charge in [-0.3, -0.25) is 4.98 Å². The molecule has 4 aromatic rings. The Balaban J connectivity index is 1.67. The van der Waals surface area contributed by atoms with Crippen molar-refractivity contribution in [3.8, 4) is 11.4 Å². The Hall–Kier alpha value is -3.42. The van der Waals surface area contributed by atoms with Gasteiger partial charge in [0.25, 0.3) is 0 Å². The fourth-order valence-corrected chi connectivity index (χ4v) is 5.43. The largest absolute Gasteiger partial charge is 0.495 e. The van der Waals surface area contributed by atoms with Gasteiger partial charge in [-0.2, -0.15) is 0 Å². The highest BCUT2D eigenvalue weighted by Gasteiger charge is 2.42. The lowest BCUT2D eigenvalue weighted by atomic mass is 9.96. The number of aryl methyl sites for hydroxylation is 1. The minimum atomic E-state index is -0.264. The summed E-state index contributed by atoms with van der Waals surface area (Å²) in [6.45, 7) is 4.12. The molecule has 1 saturated heterocycles. The van der Waals surface area contributed by atoms with E-state index < -0.39 is 0 Å². The zero-order valence-corrected chi connectivity index (χ0v) is 21.1. The number of nitrogens with one attached hydrogen (secondary N) is 1. The Kier molecular flexibility index (Phi) is 6.21. The van der Waals surface area contributed by atoms with Crippen LogP contribution < -0.4 is 15.0 Å². The first-order chi connectivity index (χ1) is 16.9. The summed E-state index contributed by atoms with van der Waals surface area (Å²) in [5.41, 5.74) is 5.79. The predicted octanol–water partition coefficient (Wildman–Crippen LogP) is 6.47. The van der Waals surface area contributed by atoms with Crippen molar-refractivity contribution in [2.45, 2.75) is 25.9 Å². The molecule has 0 unspecified atom stereocenters. The quantitative estimate of drug-likeness (QED) is 0.314. The molecule has 1 aliphatic rings. The first-order valence-corrected chi connectivity index (χ1v) is 12.0. The highest BCUT2D eigenvalue weighted by atomic mass is 35.5. The number of thiocarbonyl (C=S) groups is 1. The van der Waals surface area contributed by atoms with Gasteiger partial charge in [-0.15, -0.1) is 0 Å². The molecule has 8 heteroatoms. The zero-order valence-electron chi connectivity index (χ0n) is 19.5. The third kappa shape index (κ3) is 4.15. The maximum Gasteiger partial charge on any atom is 0.174 e. The minimum absolute atomic E-state index is 0.188. The maximum absolute atomic E-state index is 13.6. The number of rotatable bonds is 5. The number of benzene rings is 2. The molecule has 3 heterocycles. The van der Waals surface area contributed by atoms with Gasteiger partial charge in [-0.25, -0.2) is 4.39 Å². The van der Waals surface area contributed by atoms with Crippen LogP contribution in [0.4, 0.5) is 10.1 Å². The first-order valence-electron chi connectivity index (χ1n) is 11.2. The third-order valence-electron chi connectivity index (χ3n) is 6.39. The minimum Gasteiger partial charge on any atom is -0.495 e. The van der Waals surface area contributed by atoms with Gasteiger partial charge in [-0.05, 0) is 92.3 Å². The molecular weight excluding hydrogens is 483 g/mol. The molecule has 0 saturated carbocycles. The molecule has 5 nitrogen and oxygen atoms in total. The highest BCUT2D eigenvalue weighted by molar-refractivity contribution is 7.80. The Morgan fingerprint density at radius 2 is 1.77 bits per heavy atom. The fourth-order valence-electron chi connectivity index (χ4n) is 4.83. The molecule has 178 valence electrons. The summed E-state index contributed by atoms with van der Waals surface area (Å²) in [4.78, 5) is 6.71. The summed E-state index contributed by atoms with van der Waals surface area (Å²) in [7, 11) is 1.59. The van der Waals surface area contributed by atoms with Crippen molar-refractivity contribution in [3.63, 3.8) is 0 Å². The third-order valence-corrected chi connectivity index (χ3v) is 7.00. The lowest BCUT2D eigenvalue weighted by molar-refractivity contribution is 0.415. The molecule has 1 fully saturated rings. The van der Waals surface area contributed by atoms with Crippen LogP contribution in [-0.2, 0) is 0 Å². The number of pyridine rings is 1. The van der Waals surface area contributed by atoms with Crippen molar-refractivity contribution in [2.75, 3.05) is 12.0 Å². The van der Waals surface area contributed by atoms with Gasteiger partial charge >= 0.3 is 0 Å². The van der Waals surface area contributed by atoms with Gasteiger partial charge in [0.15, 0.2) is 5.11 Å². The number of nitrogens with zero attached hydrogens (tertiary/aromatic N) is 3. The molecule has 2 aromatic carbocycles. The Labute approximate surface area is 214 Å². The van der Waals surface area contributed by atoms with Crippen LogP contribution in [0.15, 0.2) is 72.9 Å². The molecule has 0 bridgehead atoms. The van der Waals surface area contributed by atoms with Crippen molar-refractivity contribution in [1.82, 2.24) is 14.9 Å². The van der Waals surface area contributed by atoms with Crippen LogP contribution in [0.5, 0.6) is 5.75 Å². The average molecular weight is 507 g/mol. The van der Waals surface area contributed by atoms with Gasteiger partial charge in [-0.1, -0.05) is 17.7 Å². The Morgan fingerprint density at radius 1 is 1.03 bits per heavy atom. The van der Waals surface area contributed by atoms with Crippen molar-refractivity contribution in [1.29, 1.82) is 0 Å².